The molecular formula is C24H28N4O5. The van der Waals surface area contributed by atoms with Gasteiger partial charge in [-0.05, 0) is 57.0 Å². The third-order valence-electron chi connectivity index (χ3n) is 4.71. The van der Waals surface area contributed by atoms with E-state index in [2.05, 4.69) is 25.7 Å². The van der Waals surface area contributed by atoms with Crippen molar-refractivity contribution in [1.82, 2.24) is 10.3 Å². The van der Waals surface area contributed by atoms with Crippen LogP contribution < -0.4 is 16.0 Å². The number of ether oxygens (including phenoxy) is 2. The Kier molecular flexibility index (Phi) is 7.32. The second kappa shape index (κ2) is 10.2. The number of alkyl carbamates (subject to hydrolysis) is 1. The Morgan fingerprint density at radius 2 is 1.91 bits per heavy atom. The van der Waals surface area contributed by atoms with Crippen molar-refractivity contribution >= 4 is 29.5 Å². The van der Waals surface area contributed by atoms with Crippen LogP contribution in [0.2, 0.25) is 0 Å². The van der Waals surface area contributed by atoms with Crippen LogP contribution in [0.4, 0.5) is 21.0 Å². The van der Waals surface area contributed by atoms with Crippen molar-refractivity contribution in [2.75, 3.05) is 17.7 Å². The Hall–Kier alpha value is -3.88. The highest BCUT2D eigenvalue weighted by Gasteiger charge is 2.22. The molecule has 1 aromatic carbocycles. The normalized spacial score (nSPS) is 15.8. The number of nitrogens with one attached hydrogen (secondary N) is 3. The summed E-state index contributed by atoms with van der Waals surface area (Å²) in [5, 5.41) is 8.36. The van der Waals surface area contributed by atoms with E-state index in [-0.39, 0.29) is 12.3 Å². The van der Waals surface area contributed by atoms with Crippen LogP contribution in [0.1, 0.15) is 45.3 Å². The van der Waals surface area contributed by atoms with Crippen LogP contribution in [0.3, 0.4) is 0 Å². The average Bonchev–Trinajstić information content (AvgIpc) is 2.74. The van der Waals surface area contributed by atoms with Crippen molar-refractivity contribution in [1.29, 1.82) is 0 Å². The van der Waals surface area contributed by atoms with Crippen molar-refractivity contribution in [2.45, 2.75) is 45.3 Å². The van der Waals surface area contributed by atoms with Crippen molar-refractivity contribution in [3.8, 4) is 11.1 Å². The number of carbonyl (C=O) groups excluding carboxylic acids is 3. The summed E-state index contributed by atoms with van der Waals surface area (Å²) in [5.74, 6) is -0.214. The highest BCUT2D eigenvalue weighted by molar-refractivity contribution is 5.98. The van der Waals surface area contributed by atoms with Crippen molar-refractivity contribution < 1.29 is 23.9 Å². The number of carbonyl (C=O) groups is 3. The predicted octanol–water partition coefficient (Wildman–Crippen LogP) is 4.78. The van der Waals surface area contributed by atoms with Gasteiger partial charge in [-0.1, -0.05) is 18.2 Å². The number of anilines is 2. The van der Waals surface area contributed by atoms with Crippen LogP contribution >= 0.6 is 0 Å². The van der Waals surface area contributed by atoms with Gasteiger partial charge in [-0.3, -0.25) is 15.1 Å². The molecule has 3 rings (SSSR count). The first-order valence-electron chi connectivity index (χ1n) is 10.5. The van der Waals surface area contributed by atoms with Gasteiger partial charge in [-0.2, -0.15) is 0 Å². The van der Waals surface area contributed by atoms with Crippen LogP contribution in [-0.4, -0.2) is 35.8 Å². The van der Waals surface area contributed by atoms with Crippen LogP contribution in [0.15, 0.2) is 48.7 Å². The number of aromatic nitrogens is 1. The van der Waals surface area contributed by atoms with Gasteiger partial charge in [0, 0.05) is 23.9 Å². The van der Waals surface area contributed by atoms with E-state index in [0.717, 1.165) is 11.1 Å². The van der Waals surface area contributed by atoms with Gasteiger partial charge in [-0.15, -0.1) is 0 Å². The maximum Gasteiger partial charge on any atom is 0.411 e. The smallest absolute Gasteiger partial charge is 0.411 e. The highest BCUT2D eigenvalue weighted by Crippen LogP contribution is 2.33. The minimum atomic E-state index is -0.631. The summed E-state index contributed by atoms with van der Waals surface area (Å²) in [5.41, 5.74) is 2.55. The molecule has 0 unspecified atom stereocenters. The summed E-state index contributed by atoms with van der Waals surface area (Å²) in [4.78, 5) is 41.0. The first kappa shape index (κ1) is 23.8. The van der Waals surface area contributed by atoms with Gasteiger partial charge < -0.3 is 20.1 Å². The van der Waals surface area contributed by atoms with E-state index in [1.807, 2.05) is 18.2 Å². The monoisotopic (exact) mass is 452 g/mol. The first-order valence-corrected chi connectivity index (χ1v) is 10.5. The lowest BCUT2D eigenvalue weighted by Crippen LogP contribution is -2.35. The number of benzene rings is 1. The summed E-state index contributed by atoms with van der Waals surface area (Å²) in [6.45, 7) is 5.39. The zero-order valence-corrected chi connectivity index (χ0v) is 19.1. The van der Waals surface area contributed by atoms with E-state index in [9.17, 15) is 14.4 Å². The van der Waals surface area contributed by atoms with Crippen molar-refractivity contribution in [3.63, 3.8) is 0 Å². The molecule has 0 fully saturated rings. The lowest BCUT2D eigenvalue weighted by atomic mass is 9.99. The molecule has 0 saturated carbocycles. The Morgan fingerprint density at radius 3 is 2.64 bits per heavy atom. The van der Waals surface area contributed by atoms with Crippen LogP contribution in [0.25, 0.3) is 11.1 Å². The Morgan fingerprint density at radius 1 is 1.12 bits per heavy atom. The third kappa shape index (κ3) is 6.80. The third-order valence-corrected chi connectivity index (χ3v) is 4.71. The summed E-state index contributed by atoms with van der Waals surface area (Å²) >= 11 is 0. The van der Waals surface area contributed by atoms with Gasteiger partial charge in [0.1, 0.15) is 5.60 Å². The first-order chi connectivity index (χ1) is 15.6. The molecule has 2 aromatic rings. The molecule has 9 heteroatoms. The molecule has 3 amide bonds. The summed E-state index contributed by atoms with van der Waals surface area (Å²) in [6.07, 6.45) is 4.65. The maximum atomic E-state index is 12.5. The zero-order valence-electron chi connectivity index (χ0n) is 19.1. The fourth-order valence-corrected chi connectivity index (χ4v) is 3.28. The van der Waals surface area contributed by atoms with Gasteiger partial charge >= 0.3 is 12.2 Å². The number of fused-ring (bicyclic) bond motifs is 4. The second-order valence-corrected chi connectivity index (χ2v) is 8.50. The Labute approximate surface area is 192 Å². The summed E-state index contributed by atoms with van der Waals surface area (Å²) in [7, 11) is 1.28. The lowest BCUT2D eigenvalue weighted by Gasteiger charge is -2.23. The van der Waals surface area contributed by atoms with E-state index in [1.54, 1.807) is 51.2 Å². The molecule has 1 atom stereocenters. The average molecular weight is 453 g/mol. The van der Waals surface area contributed by atoms with Crippen LogP contribution in [0, 0.1) is 0 Å². The topological polar surface area (TPSA) is 119 Å². The van der Waals surface area contributed by atoms with E-state index in [1.165, 1.54) is 7.11 Å². The van der Waals surface area contributed by atoms with Gasteiger partial charge in [-0.25, -0.2) is 9.59 Å². The molecular weight excluding hydrogens is 424 g/mol. The largest absolute Gasteiger partial charge is 0.453 e. The fourth-order valence-electron chi connectivity index (χ4n) is 3.28. The standard InChI is InChI=1S/C24H28N4O5/c1-24(2,3)33-23(31)28-18-7-5-6-8-21(29)27-19-14-16(26-22(30)32-4)9-10-17(19)15-11-12-25-20(18)13-15/h5-6,9-14,18H,7-8H2,1-4H3,(H,26,30)(H,27,29)(H,28,31)/t18-/m0/s1. The van der Waals surface area contributed by atoms with Crippen LogP contribution in [-0.2, 0) is 14.3 Å². The summed E-state index contributed by atoms with van der Waals surface area (Å²) in [6, 6.07) is 8.39. The molecule has 174 valence electrons. The molecule has 1 aliphatic rings. The molecule has 1 aromatic heterocycles. The zero-order chi connectivity index (χ0) is 24.0. The number of amides is 3. The molecule has 0 aliphatic carbocycles. The molecule has 2 bridgehead atoms. The maximum absolute atomic E-state index is 12.5. The van der Waals surface area contributed by atoms with Gasteiger partial charge in [0.25, 0.3) is 0 Å². The molecule has 1 aliphatic heterocycles. The van der Waals surface area contributed by atoms with E-state index in [4.69, 9.17) is 4.74 Å². The van der Waals surface area contributed by atoms with E-state index >= 15 is 0 Å². The number of rotatable bonds is 2. The number of nitrogens with zero attached hydrogens (tertiary/aromatic N) is 1. The molecule has 33 heavy (non-hydrogen) atoms. The number of hydrogen-bond donors (Lipinski definition) is 3. The number of pyridine rings is 1. The van der Waals surface area contributed by atoms with Gasteiger partial charge in [0.15, 0.2) is 0 Å². The van der Waals surface area contributed by atoms with Gasteiger partial charge in [0.05, 0.1) is 24.5 Å². The minimum absolute atomic E-state index is 0.147. The highest BCUT2D eigenvalue weighted by atomic mass is 16.6. The van der Waals surface area contributed by atoms with Crippen LogP contribution in [0.5, 0.6) is 0 Å². The summed E-state index contributed by atoms with van der Waals surface area (Å²) < 4.78 is 10.0. The number of hydrogen-bond acceptors (Lipinski definition) is 6. The Bertz CT molecular complexity index is 1070. The van der Waals surface area contributed by atoms with Gasteiger partial charge in [0.2, 0.25) is 5.91 Å². The van der Waals surface area contributed by atoms with E-state index < -0.39 is 23.8 Å². The molecule has 9 nitrogen and oxygen atoms in total. The number of methoxy groups -OCH3 is 1. The SMILES string of the molecule is COC(=O)Nc1ccc2c(c1)NC(=O)CC=CC[C@H](NC(=O)OC(C)(C)C)c1cc-2ccn1. The van der Waals surface area contributed by atoms with Crippen molar-refractivity contribution in [2.24, 2.45) is 0 Å². The minimum Gasteiger partial charge on any atom is -0.453 e. The predicted molar refractivity (Wildman–Crippen MR) is 125 cm³/mol. The second-order valence-electron chi connectivity index (χ2n) is 8.50. The Balaban J connectivity index is 2.00. The molecule has 2 heterocycles. The fraction of sp³-hybridized carbons (Fsp3) is 0.333. The molecule has 0 spiro atoms. The van der Waals surface area contributed by atoms with Crippen molar-refractivity contribution in [3.05, 3.63) is 54.4 Å². The molecule has 3 N–H and O–H groups in total. The quantitative estimate of drug-likeness (QED) is 0.564. The van der Waals surface area contributed by atoms with E-state index in [0.29, 0.717) is 23.5 Å². The molecule has 0 radical (unpaired) electrons. The molecule has 0 saturated heterocycles. The lowest BCUT2D eigenvalue weighted by molar-refractivity contribution is -0.115.